The van der Waals surface area contributed by atoms with Crippen molar-refractivity contribution >= 4 is 5.69 Å². The van der Waals surface area contributed by atoms with Gasteiger partial charge >= 0.3 is 6.18 Å². The molecular weight excluding hydrogens is 535 g/mol. The Morgan fingerprint density at radius 1 is 0.881 bits per heavy atom. The van der Waals surface area contributed by atoms with Gasteiger partial charge in [-0.15, -0.1) is 0 Å². The van der Waals surface area contributed by atoms with E-state index in [1.807, 2.05) is 27.7 Å². The average Bonchev–Trinajstić information content (AvgIpc) is 3.85. The molecule has 0 atom stereocenters. The van der Waals surface area contributed by atoms with E-state index in [-0.39, 0.29) is 0 Å². The molecule has 2 aliphatic heterocycles. The minimum atomic E-state index is -4.15. The first-order valence-corrected chi connectivity index (χ1v) is 16.6. The van der Waals surface area contributed by atoms with Crippen molar-refractivity contribution in [1.82, 2.24) is 9.80 Å². The number of allylic oxidation sites excluding steroid dienone is 3. The molecule has 0 unspecified atom stereocenters. The molecule has 0 bridgehead atoms. The van der Waals surface area contributed by atoms with Crippen LogP contribution < -0.4 is 4.90 Å². The fourth-order valence-corrected chi connectivity index (χ4v) is 5.05. The van der Waals surface area contributed by atoms with Gasteiger partial charge < -0.3 is 14.5 Å². The van der Waals surface area contributed by atoms with E-state index < -0.39 is 12.6 Å². The van der Waals surface area contributed by atoms with Crippen molar-refractivity contribution < 1.29 is 17.9 Å². The zero-order chi connectivity index (χ0) is 31.4. The lowest BCUT2D eigenvalue weighted by Crippen LogP contribution is -2.41. The number of rotatable bonds is 12. The molecule has 4 nitrogen and oxygen atoms in total. The molecule has 1 aromatic rings. The van der Waals surface area contributed by atoms with Gasteiger partial charge in [-0.05, 0) is 75.4 Å². The Bertz CT molecular complexity index is 872. The molecule has 1 saturated heterocycles. The molecule has 0 radical (unpaired) electrons. The SMILES string of the molecule is CC.CC.CC1=CCN(c2ccc(CC(F)(F)F)cc2)C(C2CC2)=C1.CCCCCN(CCC)CCN1CCOCC1. The molecule has 4 rings (SSSR count). The minimum absolute atomic E-state index is 0.312. The summed E-state index contributed by atoms with van der Waals surface area (Å²) in [5, 5.41) is 0. The normalized spacial score (nSPS) is 17.2. The molecule has 2 fully saturated rings. The number of unbranched alkanes of at least 4 members (excludes halogenated alkanes) is 2. The van der Waals surface area contributed by atoms with E-state index in [9.17, 15) is 13.2 Å². The summed E-state index contributed by atoms with van der Waals surface area (Å²) in [6, 6.07) is 6.76. The Hall–Kier alpha value is -1.83. The van der Waals surface area contributed by atoms with Gasteiger partial charge in [0.1, 0.15) is 0 Å². The molecule has 2 heterocycles. The first kappa shape index (κ1) is 38.2. The molecule has 7 heteroatoms. The van der Waals surface area contributed by atoms with E-state index in [0.717, 1.165) is 38.5 Å². The number of benzene rings is 1. The number of halogens is 3. The zero-order valence-corrected chi connectivity index (χ0v) is 27.7. The first-order chi connectivity index (χ1) is 20.3. The summed E-state index contributed by atoms with van der Waals surface area (Å²) in [7, 11) is 0. The van der Waals surface area contributed by atoms with Gasteiger partial charge in [0.05, 0.1) is 19.6 Å². The van der Waals surface area contributed by atoms with E-state index in [0.29, 0.717) is 11.5 Å². The van der Waals surface area contributed by atoms with Crippen molar-refractivity contribution in [2.45, 2.75) is 99.6 Å². The van der Waals surface area contributed by atoms with Gasteiger partial charge in [0.2, 0.25) is 0 Å². The molecule has 0 amide bonds. The van der Waals surface area contributed by atoms with Crippen LogP contribution in [0.1, 0.15) is 92.6 Å². The second kappa shape index (κ2) is 21.8. The third-order valence-electron chi connectivity index (χ3n) is 7.39. The predicted molar refractivity (Wildman–Crippen MR) is 174 cm³/mol. The lowest BCUT2D eigenvalue weighted by Gasteiger charge is -2.30. The van der Waals surface area contributed by atoms with Crippen molar-refractivity contribution in [2.24, 2.45) is 5.92 Å². The Kier molecular flexibility index (Phi) is 19.8. The molecule has 1 saturated carbocycles. The number of morpholine rings is 1. The molecule has 0 spiro atoms. The van der Waals surface area contributed by atoms with Crippen LogP contribution >= 0.6 is 0 Å². The Balaban J connectivity index is 0.000000383. The Labute approximate surface area is 256 Å². The lowest BCUT2D eigenvalue weighted by atomic mass is 10.1. The second-order valence-electron chi connectivity index (χ2n) is 10.9. The molecule has 3 aliphatic rings. The number of nitrogens with zero attached hydrogens (tertiary/aromatic N) is 3. The van der Waals surface area contributed by atoms with Gasteiger partial charge in [-0.1, -0.05) is 78.2 Å². The van der Waals surface area contributed by atoms with Crippen molar-refractivity contribution in [1.29, 1.82) is 0 Å². The van der Waals surface area contributed by atoms with Gasteiger partial charge in [-0.2, -0.15) is 13.2 Å². The summed E-state index contributed by atoms with van der Waals surface area (Å²) in [4.78, 5) is 7.37. The van der Waals surface area contributed by atoms with Crippen LogP contribution in [0.5, 0.6) is 0 Å². The summed E-state index contributed by atoms with van der Waals surface area (Å²) in [6.45, 7) is 24.5. The summed E-state index contributed by atoms with van der Waals surface area (Å²) in [5.41, 5.74) is 3.86. The zero-order valence-electron chi connectivity index (χ0n) is 27.7. The quantitative estimate of drug-likeness (QED) is 0.224. The van der Waals surface area contributed by atoms with E-state index in [2.05, 4.69) is 47.6 Å². The monoisotopic (exact) mass is 595 g/mol. The summed E-state index contributed by atoms with van der Waals surface area (Å²) < 4.78 is 42.5. The van der Waals surface area contributed by atoms with Crippen molar-refractivity contribution in [3.05, 3.63) is 53.3 Å². The molecular formula is C35H60F3N3O. The number of hydrogen-bond donors (Lipinski definition) is 0. The van der Waals surface area contributed by atoms with Crippen LogP contribution in [0.4, 0.5) is 18.9 Å². The largest absolute Gasteiger partial charge is 0.393 e. The van der Waals surface area contributed by atoms with E-state index in [4.69, 9.17) is 4.74 Å². The Morgan fingerprint density at radius 2 is 1.52 bits per heavy atom. The Morgan fingerprint density at radius 3 is 2.07 bits per heavy atom. The number of ether oxygens (including phenoxy) is 1. The first-order valence-electron chi connectivity index (χ1n) is 16.6. The number of anilines is 1. The second-order valence-corrected chi connectivity index (χ2v) is 10.9. The fourth-order valence-electron chi connectivity index (χ4n) is 5.05. The highest BCUT2D eigenvalue weighted by atomic mass is 19.4. The average molecular weight is 596 g/mol. The number of alkyl halides is 3. The van der Waals surface area contributed by atoms with Gasteiger partial charge in [0.15, 0.2) is 0 Å². The van der Waals surface area contributed by atoms with Crippen LogP contribution in [0, 0.1) is 5.92 Å². The van der Waals surface area contributed by atoms with Crippen molar-refractivity contribution in [3.8, 4) is 0 Å². The smallest absolute Gasteiger partial charge is 0.379 e. The number of hydrogen-bond acceptors (Lipinski definition) is 4. The highest BCUT2D eigenvalue weighted by molar-refractivity contribution is 5.57. The maximum Gasteiger partial charge on any atom is 0.393 e. The summed E-state index contributed by atoms with van der Waals surface area (Å²) in [5.74, 6) is 0.614. The van der Waals surface area contributed by atoms with Gasteiger partial charge in [-0.3, -0.25) is 4.90 Å². The third-order valence-corrected chi connectivity index (χ3v) is 7.39. The molecule has 242 valence electrons. The fraction of sp³-hybridized carbons (Fsp3) is 0.714. The van der Waals surface area contributed by atoms with Gasteiger partial charge in [0, 0.05) is 44.1 Å². The van der Waals surface area contributed by atoms with Gasteiger partial charge in [-0.25, -0.2) is 0 Å². The highest BCUT2D eigenvalue weighted by Crippen LogP contribution is 2.41. The maximum atomic E-state index is 12.4. The van der Waals surface area contributed by atoms with Crippen molar-refractivity contribution in [2.75, 3.05) is 63.9 Å². The van der Waals surface area contributed by atoms with Gasteiger partial charge in [0.25, 0.3) is 0 Å². The standard InChI is InChI=1S/C17H18F3N.C14H30N2O.2C2H6/c1-12-8-9-21(16(10-12)14-4-5-14)15-6-2-13(3-7-15)11-17(18,19)20;1-3-5-6-8-15(7-4-2)9-10-16-11-13-17-14-12-16;2*1-2/h2-3,6-8,10,14H,4-5,9,11H2,1H3;3-14H2,1-2H3;2*1-2H3. The van der Waals surface area contributed by atoms with Crippen LogP contribution in [0.25, 0.3) is 0 Å². The van der Waals surface area contributed by atoms with E-state index in [1.54, 1.807) is 24.3 Å². The van der Waals surface area contributed by atoms with Crippen LogP contribution in [0.3, 0.4) is 0 Å². The van der Waals surface area contributed by atoms with E-state index >= 15 is 0 Å². The summed E-state index contributed by atoms with van der Waals surface area (Å²) in [6.07, 6.45) is 7.09. The van der Waals surface area contributed by atoms with E-state index in [1.165, 1.54) is 76.0 Å². The topological polar surface area (TPSA) is 19.0 Å². The van der Waals surface area contributed by atoms with Crippen LogP contribution in [-0.2, 0) is 11.2 Å². The minimum Gasteiger partial charge on any atom is -0.379 e. The molecule has 42 heavy (non-hydrogen) atoms. The predicted octanol–water partition coefficient (Wildman–Crippen LogP) is 9.12. The lowest BCUT2D eigenvalue weighted by molar-refractivity contribution is -0.127. The molecule has 1 aliphatic carbocycles. The summed E-state index contributed by atoms with van der Waals surface area (Å²) >= 11 is 0. The molecule has 0 N–H and O–H groups in total. The van der Waals surface area contributed by atoms with Crippen LogP contribution in [-0.4, -0.2) is 75.0 Å². The van der Waals surface area contributed by atoms with Crippen LogP contribution in [0.15, 0.2) is 47.7 Å². The van der Waals surface area contributed by atoms with Crippen molar-refractivity contribution in [3.63, 3.8) is 0 Å². The highest BCUT2D eigenvalue weighted by Gasteiger charge is 2.31. The molecule has 1 aromatic carbocycles. The third kappa shape index (κ3) is 15.6. The van der Waals surface area contributed by atoms with Crippen LogP contribution in [0.2, 0.25) is 0 Å². The molecule has 0 aromatic heterocycles. The maximum absolute atomic E-state index is 12.4.